The van der Waals surface area contributed by atoms with Crippen molar-refractivity contribution in [1.29, 1.82) is 0 Å². The summed E-state index contributed by atoms with van der Waals surface area (Å²) in [6.07, 6.45) is 1.85. The Hall–Kier alpha value is -3.27. The van der Waals surface area contributed by atoms with Gasteiger partial charge in [-0.3, -0.25) is 9.69 Å². The highest BCUT2D eigenvalue weighted by Gasteiger charge is 2.17. The standard InChI is InChI=1S/C30H42N4O5/c1-6-10-21-12-22(17-34(8-3)9-4)14-25(13-21)30-32-29(33-39-30)24-11-20(5)28(23(7-2)15-24)38-19-26(36)16-31-27(37)18-35/h11-15,26,35-36H,6-10,16-19H2,1-5H3,(H,31,37)/t26-/m0/s1. The van der Waals surface area contributed by atoms with Crippen LogP contribution in [-0.2, 0) is 24.2 Å². The number of benzene rings is 2. The SMILES string of the molecule is CCCc1cc(CN(CC)CC)cc(-c2nc(-c3cc(C)c(OC[C@@H](O)CNC(=O)CO)c(CC)c3)no2)c1. The lowest BCUT2D eigenvalue weighted by Gasteiger charge is -2.19. The van der Waals surface area contributed by atoms with E-state index in [0.29, 0.717) is 23.9 Å². The Balaban J connectivity index is 1.83. The minimum Gasteiger partial charge on any atom is -0.490 e. The van der Waals surface area contributed by atoms with Crippen LogP contribution in [0.4, 0.5) is 0 Å². The molecule has 1 aromatic heterocycles. The van der Waals surface area contributed by atoms with Gasteiger partial charge in [0.15, 0.2) is 0 Å². The molecule has 0 fully saturated rings. The van der Waals surface area contributed by atoms with Crippen LogP contribution in [0.2, 0.25) is 0 Å². The summed E-state index contributed by atoms with van der Waals surface area (Å²) in [7, 11) is 0. The second-order valence-corrected chi connectivity index (χ2v) is 9.73. The maximum Gasteiger partial charge on any atom is 0.258 e. The first kappa shape index (κ1) is 30.3. The molecule has 0 unspecified atom stereocenters. The zero-order valence-corrected chi connectivity index (χ0v) is 23.8. The third kappa shape index (κ3) is 8.36. The highest BCUT2D eigenvalue weighted by molar-refractivity contribution is 5.76. The highest BCUT2D eigenvalue weighted by Crippen LogP contribution is 2.32. The molecule has 212 valence electrons. The molecule has 0 saturated carbocycles. The number of aryl methyl sites for hydroxylation is 3. The van der Waals surface area contributed by atoms with E-state index < -0.39 is 18.6 Å². The normalized spacial score (nSPS) is 12.1. The van der Waals surface area contributed by atoms with Crippen molar-refractivity contribution in [3.63, 3.8) is 0 Å². The lowest BCUT2D eigenvalue weighted by atomic mass is 10.0. The van der Waals surface area contributed by atoms with E-state index in [-0.39, 0.29) is 13.2 Å². The summed E-state index contributed by atoms with van der Waals surface area (Å²) in [6, 6.07) is 10.5. The maximum atomic E-state index is 11.2. The minimum atomic E-state index is -0.904. The van der Waals surface area contributed by atoms with Gasteiger partial charge in [0.1, 0.15) is 25.1 Å². The van der Waals surface area contributed by atoms with Crippen LogP contribution in [-0.4, -0.2) is 70.1 Å². The van der Waals surface area contributed by atoms with E-state index in [1.807, 2.05) is 26.0 Å². The molecule has 0 saturated heterocycles. The summed E-state index contributed by atoms with van der Waals surface area (Å²) in [5, 5.41) is 25.7. The van der Waals surface area contributed by atoms with E-state index in [2.05, 4.69) is 54.3 Å². The topological polar surface area (TPSA) is 121 Å². The fourth-order valence-electron chi connectivity index (χ4n) is 4.55. The summed E-state index contributed by atoms with van der Waals surface area (Å²) in [5.74, 6) is 1.14. The molecule has 9 heteroatoms. The van der Waals surface area contributed by atoms with Gasteiger partial charge in [-0.2, -0.15) is 4.98 Å². The lowest BCUT2D eigenvalue weighted by Crippen LogP contribution is -2.36. The molecular weight excluding hydrogens is 496 g/mol. The summed E-state index contributed by atoms with van der Waals surface area (Å²) in [5.41, 5.74) is 6.10. The molecule has 3 rings (SSSR count). The molecule has 1 heterocycles. The number of rotatable bonds is 15. The van der Waals surface area contributed by atoms with Crippen LogP contribution in [0.25, 0.3) is 22.8 Å². The molecule has 0 spiro atoms. The van der Waals surface area contributed by atoms with Gasteiger partial charge >= 0.3 is 0 Å². The molecule has 1 amide bonds. The Kier molecular flexibility index (Phi) is 11.5. The Morgan fingerprint density at radius 1 is 1.08 bits per heavy atom. The number of amides is 1. The molecule has 3 aromatic rings. The van der Waals surface area contributed by atoms with Gasteiger partial charge in [-0.1, -0.05) is 45.3 Å². The molecule has 0 aliphatic rings. The van der Waals surface area contributed by atoms with Gasteiger partial charge in [0, 0.05) is 24.2 Å². The molecule has 2 aromatic carbocycles. The number of aliphatic hydroxyl groups excluding tert-OH is 2. The van der Waals surface area contributed by atoms with Crippen molar-refractivity contribution >= 4 is 5.91 Å². The van der Waals surface area contributed by atoms with Crippen molar-refractivity contribution in [2.75, 3.05) is 32.8 Å². The number of nitrogens with one attached hydrogen (secondary N) is 1. The molecule has 1 atom stereocenters. The van der Waals surface area contributed by atoms with Crippen LogP contribution in [0.1, 0.15) is 56.4 Å². The van der Waals surface area contributed by atoms with Gasteiger partial charge in [-0.15, -0.1) is 0 Å². The average molecular weight is 539 g/mol. The van der Waals surface area contributed by atoms with Crippen LogP contribution >= 0.6 is 0 Å². The van der Waals surface area contributed by atoms with Crippen LogP contribution < -0.4 is 10.1 Å². The summed E-state index contributed by atoms with van der Waals surface area (Å²) in [6.45, 7) is 12.7. The zero-order valence-electron chi connectivity index (χ0n) is 23.8. The molecule has 0 aliphatic carbocycles. The molecule has 0 radical (unpaired) electrons. The van der Waals surface area contributed by atoms with Crippen LogP contribution in [0.15, 0.2) is 34.9 Å². The highest BCUT2D eigenvalue weighted by atomic mass is 16.5. The van der Waals surface area contributed by atoms with Crippen molar-refractivity contribution in [2.24, 2.45) is 0 Å². The fourth-order valence-corrected chi connectivity index (χ4v) is 4.55. The average Bonchev–Trinajstić information content (AvgIpc) is 3.44. The zero-order chi connectivity index (χ0) is 28.4. The first-order chi connectivity index (χ1) is 18.8. The number of nitrogens with zero attached hydrogens (tertiary/aromatic N) is 3. The molecule has 0 aliphatic heterocycles. The first-order valence-corrected chi connectivity index (χ1v) is 13.8. The summed E-state index contributed by atoms with van der Waals surface area (Å²) >= 11 is 0. The van der Waals surface area contributed by atoms with Crippen molar-refractivity contribution < 1.29 is 24.3 Å². The number of carbonyl (C=O) groups excluding carboxylic acids is 1. The van der Waals surface area contributed by atoms with Crippen molar-refractivity contribution in [1.82, 2.24) is 20.4 Å². The van der Waals surface area contributed by atoms with Crippen molar-refractivity contribution in [3.05, 3.63) is 52.6 Å². The number of aliphatic hydroxyl groups is 2. The minimum absolute atomic E-state index is 0.000288. The predicted molar refractivity (Wildman–Crippen MR) is 152 cm³/mol. The Morgan fingerprint density at radius 3 is 2.49 bits per heavy atom. The maximum absolute atomic E-state index is 11.2. The molecular formula is C30H42N4O5. The van der Waals surface area contributed by atoms with E-state index in [4.69, 9.17) is 19.4 Å². The number of hydrogen-bond acceptors (Lipinski definition) is 8. The molecule has 0 bridgehead atoms. The first-order valence-electron chi connectivity index (χ1n) is 13.8. The van der Waals surface area contributed by atoms with Gasteiger partial charge in [0.2, 0.25) is 11.7 Å². The molecule has 3 N–H and O–H groups in total. The van der Waals surface area contributed by atoms with Gasteiger partial charge < -0.3 is 24.8 Å². The summed E-state index contributed by atoms with van der Waals surface area (Å²) in [4.78, 5) is 18.3. The van der Waals surface area contributed by atoms with Crippen molar-refractivity contribution in [3.8, 4) is 28.6 Å². The quantitative estimate of drug-likeness (QED) is 0.266. The third-order valence-corrected chi connectivity index (χ3v) is 6.65. The number of hydrogen-bond donors (Lipinski definition) is 3. The van der Waals surface area contributed by atoms with E-state index in [1.54, 1.807) is 0 Å². The molecule has 39 heavy (non-hydrogen) atoms. The monoisotopic (exact) mass is 538 g/mol. The Labute approximate surface area is 231 Å². The predicted octanol–water partition coefficient (Wildman–Crippen LogP) is 3.92. The second-order valence-electron chi connectivity index (χ2n) is 9.73. The largest absolute Gasteiger partial charge is 0.490 e. The second kappa shape index (κ2) is 14.8. The summed E-state index contributed by atoms with van der Waals surface area (Å²) < 4.78 is 11.7. The van der Waals surface area contributed by atoms with E-state index in [0.717, 1.165) is 54.7 Å². The van der Waals surface area contributed by atoms with E-state index in [9.17, 15) is 9.90 Å². The van der Waals surface area contributed by atoms with Gasteiger partial charge in [0.25, 0.3) is 5.89 Å². The van der Waals surface area contributed by atoms with E-state index in [1.165, 1.54) is 11.1 Å². The fraction of sp³-hybridized carbons (Fsp3) is 0.500. The number of ether oxygens (including phenoxy) is 1. The van der Waals surface area contributed by atoms with Crippen LogP contribution in [0, 0.1) is 6.92 Å². The lowest BCUT2D eigenvalue weighted by molar-refractivity contribution is -0.124. The van der Waals surface area contributed by atoms with Crippen LogP contribution in [0.5, 0.6) is 5.75 Å². The number of aromatic nitrogens is 2. The Morgan fingerprint density at radius 2 is 1.82 bits per heavy atom. The van der Waals surface area contributed by atoms with Gasteiger partial charge in [0.05, 0.1) is 0 Å². The van der Waals surface area contributed by atoms with E-state index >= 15 is 0 Å². The van der Waals surface area contributed by atoms with Crippen molar-refractivity contribution in [2.45, 2.75) is 66.5 Å². The number of carbonyl (C=O) groups is 1. The van der Waals surface area contributed by atoms with Gasteiger partial charge in [-0.05, 0) is 79.4 Å². The Bertz CT molecular complexity index is 1220. The van der Waals surface area contributed by atoms with Gasteiger partial charge in [-0.25, -0.2) is 0 Å². The molecule has 9 nitrogen and oxygen atoms in total. The van der Waals surface area contributed by atoms with Crippen LogP contribution in [0.3, 0.4) is 0 Å². The smallest absolute Gasteiger partial charge is 0.258 e. The third-order valence-electron chi connectivity index (χ3n) is 6.65.